The van der Waals surface area contributed by atoms with Gasteiger partial charge >= 0.3 is 0 Å². The molecule has 1 amide bonds. The van der Waals surface area contributed by atoms with Crippen LogP contribution >= 0.6 is 0 Å². The Bertz CT molecular complexity index is 1160. The van der Waals surface area contributed by atoms with E-state index in [0.29, 0.717) is 22.6 Å². The van der Waals surface area contributed by atoms with Gasteiger partial charge < -0.3 is 16.2 Å². The number of aliphatic hydroxyl groups excluding tert-OH is 1. The van der Waals surface area contributed by atoms with Crippen LogP contribution in [0, 0.1) is 0 Å². The van der Waals surface area contributed by atoms with Crippen LogP contribution < -0.4 is 15.8 Å². The molecule has 0 spiro atoms. The normalized spacial score (nSPS) is 11.4. The van der Waals surface area contributed by atoms with Crippen LogP contribution in [0.5, 0.6) is 0 Å². The fourth-order valence-electron chi connectivity index (χ4n) is 2.61. The predicted octanol–water partition coefficient (Wildman–Crippen LogP) is 3.21. The van der Waals surface area contributed by atoms with E-state index in [1.54, 1.807) is 66.7 Å². The van der Waals surface area contributed by atoms with Gasteiger partial charge in [-0.15, -0.1) is 0 Å². The van der Waals surface area contributed by atoms with Crippen molar-refractivity contribution in [1.29, 1.82) is 0 Å². The van der Waals surface area contributed by atoms with Crippen molar-refractivity contribution in [3.63, 3.8) is 0 Å². The number of sulfonamides is 1. The van der Waals surface area contributed by atoms with Crippen molar-refractivity contribution in [2.24, 2.45) is 0 Å². The molecule has 8 heteroatoms. The number of hydrogen-bond donors (Lipinski definition) is 4. The Hall–Kier alpha value is -3.62. The van der Waals surface area contributed by atoms with Crippen molar-refractivity contribution in [3.05, 3.63) is 90.0 Å². The van der Waals surface area contributed by atoms with E-state index in [2.05, 4.69) is 10.0 Å². The summed E-state index contributed by atoms with van der Waals surface area (Å²) < 4.78 is 27.4. The molecule has 0 aromatic heterocycles. The Labute approximate surface area is 174 Å². The van der Waals surface area contributed by atoms with E-state index in [4.69, 9.17) is 10.8 Å². The molecule has 0 saturated carbocycles. The Balaban J connectivity index is 1.63. The summed E-state index contributed by atoms with van der Waals surface area (Å²) in [5.74, 6) is -0.330. The number of carbonyl (C=O) groups is 1. The minimum absolute atomic E-state index is 0.0977. The molecule has 0 aliphatic carbocycles. The second-order valence-corrected chi connectivity index (χ2v) is 8.12. The van der Waals surface area contributed by atoms with Gasteiger partial charge in [0.2, 0.25) is 5.91 Å². The summed E-state index contributed by atoms with van der Waals surface area (Å²) in [6.07, 6.45) is 2.98. The predicted molar refractivity (Wildman–Crippen MR) is 118 cm³/mol. The molecule has 0 saturated heterocycles. The van der Waals surface area contributed by atoms with Gasteiger partial charge in [0, 0.05) is 11.8 Å². The van der Waals surface area contributed by atoms with Crippen LogP contribution in [0.25, 0.3) is 6.08 Å². The molecular formula is C22H21N3O4S. The van der Waals surface area contributed by atoms with E-state index in [-0.39, 0.29) is 17.4 Å². The molecule has 0 fully saturated rings. The molecule has 0 heterocycles. The molecule has 0 bridgehead atoms. The zero-order chi connectivity index (χ0) is 21.6. The molecule has 3 rings (SSSR count). The monoisotopic (exact) mass is 423 g/mol. The van der Waals surface area contributed by atoms with Crippen molar-refractivity contribution in [1.82, 2.24) is 0 Å². The minimum Gasteiger partial charge on any atom is -0.397 e. The number of anilines is 3. The molecule has 154 valence electrons. The number of nitrogens with one attached hydrogen (secondary N) is 2. The van der Waals surface area contributed by atoms with Crippen LogP contribution in [0.4, 0.5) is 17.1 Å². The maximum atomic E-state index is 12.5. The third-order valence-corrected chi connectivity index (χ3v) is 5.62. The van der Waals surface area contributed by atoms with Crippen molar-refractivity contribution in [2.45, 2.75) is 11.5 Å². The topological polar surface area (TPSA) is 122 Å². The first-order valence-electron chi connectivity index (χ1n) is 9.03. The lowest BCUT2D eigenvalue weighted by molar-refractivity contribution is -0.111. The van der Waals surface area contributed by atoms with Gasteiger partial charge in [0.05, 0.1) is 22.9 Å². The number of carbonyl (C=O) groups excluding carboxylic acids is 1. The highest BCUT2D eigenvalue weighted by Crippen LogP contribution is 2.19. The number of aliphatic hydroxyl groups is 1. The molecule has 5 N–H and O–H groups in total. The van der Waals surface area contributed by atoms with Crippen LogP contribution in [0.2, 0.25) is 0 Å². The van der Waals surface area contributed by atoms with Crippen LogP contribution in [0.1, 0.15) is 11.1 Å². The fourth-order valence-corrected chi connectivity index (χ4v) is 3.67. The smallest absolute Gasteiger partial charge is 0.261 e. The second kappa shape index (κ2) is 9.25. The molecule has 30 heavy (non-hydrogen) atoms. The number of rotatable bonds is 7. The first-order chi connectivity index (χ1) is 14.4. The number of amides is 1. The van der Waals surface area contributed by atoms with Crippen molar-refractivity contribution < 1.29 is 18.3 Å². The number of nitrogens with two attached hydrogens (primary N) is 1. The lowest BCUT2D eigenvalue weighted by atomic mass is 10.2. The highest BCUT2D eigenvalue weighted by atomic mass is 32.2. The molecular weight excluding hydrogens is 402 g/mol. The van der Waals surface area contributed by atoms with Crippen molar-refractivity contribution >= 4 is 39.1 Å². The zero-order valence-electron chi connectivity index (χ0n) is 15.9. The number of nitrogen functional groups attached to an aromatic ring is 1. The minimum atomic E-state index is -3.74. The number of benzene rings is 3. The van der Waals surface area contributed by atoms with Crippen LogP contribution in [0.3, 0.4) is 0 Å². The first kappa shape index (κ1) is 21.1. The molecule has 3 aromatic carbocycles. The molecule has 0 radical (unpaired) electrons. The van der Waals surface area contributed by atoms with Crippen LogP contribution in [-0.2, 0) is 21.4 Å². The van der Waals surface area contributed by atoms with Gasteiger partial charge in [-0.25, -0.2) is 8.42 Å². The number of hydrogen-bond acceptors (Lipinski definition) is 5. The Morgan fingerprint density at radius 1 is 0.967 bits per heavy atom. The average Bonchev–Trinajstić information content (AvgIpc) is 2.75. The second-order valence-electron chi connectivity index (χ2n) is 6.44. The van der Waals surface area contributed by atoms with Gasteiger partial charge in [-0.3, -0.25) is 9.52 Å². The molecule has 3 aromatic rings. The lowest BCUT2D eigenvalue weighted by Crippen LogP contribution is -2.12. The number of para-hydroxylation sites is 2. The van der Waals surface area contributed by atoms with Gasteiger partial charge in [-0.1, -0.05) is 36.4 Å². The maximum Gasteiger partial charge on any atom is 0.261 e. The third kappa shape index (κ3) is 5.47. The van der Waals surface area contributed by atoms with Crippen LogP contribution in [-0.4, -0.2) is 19.4 Å². The molecule has 0 aliphatic heterocycles. The van der Waals surface area contributed by atoms with Gasteiger partial charge in [0.25, 0.3) is 10.0 Å². The van der Waals surface area contributed by atoms with Crippen LogP contribution in [0.15, 0.2) is 83.8 Å². The van der Waals surface area contributed by atoms with E-state index in [1.165, 1.54) is 18.2 Å². The first-order valence-corrected chi connectivity index (χ1v) is 10.5. The third-order valence-electron chi connectivity index (χ3n) is 4.22. The molecule has 0 unspecified atom stereocenters. The quantitative estimate of drug-likeness (QED) is 0.343. The highest BCUT2D eigenvalue weighted by Gasteiger charge is 2.13. The summed E-state index contributed by atoms with van der Waals surface area (Å²) in [4.78, 5) is 12.1. The summed E-state index contributed by atoms with van der Waals surface area (Å²) in [5.41, 5.74) is 8.54. The zero-order valence-corrected chi connectivity index (χ0v) is 16.8. The molecule has 0 aliphatic rings. The maximum absolute atomic E-state index is 12.5. The van der Waals surface area contributed by atoms with Gasteiger partial charge in [0.15, 0.2) is 0 Å². The van der Waals surface area contributed by atoms with Gasteiger partial charge in [-0.05, 0) is 53.6 Å². The summed E-state index contributed by atoms with van der Waals surface area (Å²) in [6, 6.07) is 19.5. The highest BCUT2D eigenvalue weighted by molar-refractivity contribution is 7.92. The summed E-state index contributed by atoms with van der Waals surface area (Å²) in [7, 11) is -3.74. The summed E-state index contributed by atoms with van der Waals surface area (Å²) in [6.45, 7) is -0.153. The van der Waals surface area contributed by atoms with Gasteiger partial charge in [-0.2, -0.15) is 0 Å². The Morgan fingerprint density at radius 2 is 1.63 bits per heavy atom. The standard InChI is InChI=1S/C22H21N3O4S/c23-20-3-1-2-4-21(20)24-22(27)14-9-16-5-10-18(11-6-16)25-30(28,29)19-12-7-17(15-26)8-13-19/h1-14,25-26H,15,23H2,(H,24,27). The molecule has 7 nitrogen and oxygen atoms in total. The van der Waals surface area contributed by atoms with E-state index in [1.807, 2.05) is 0 Å². The van der Waals surface area contributed by atoms with E-state index in [0.717, 1.165) is 5.56 Å². The average molecular weight is 423 g/mol. The van der Waals surface area contributed by atoms with E-state index >= 15 is 0 Å². The van der Waals surface area contributed by atoms with Crippen molar-refractivity contribution in [2.75, 3.05) is 15.8 Å². The summed E-state index contributed by atoms with van der Waals surface area (Å²) in [5, 5.41) is 11.7. The lowest BCUT2D eigenvalue weighted by Gasteiger charge is -2.09. The fraction of sp³-hybridized carbons (Fsp3) is 0.0455. The van der Waals surface area contributed by atoms with E-state index < -0.39 is 10.0 Å². The van der Waals surface area contributed by atoms with Gasteiger partial charge in [0.1, 0.15) is 0 Å². The Morgan fingerprint density at radius 3 is 2.27 bits per heavy atom. The van der Waals surface area contributed by atoms with Crippen molar-refractivity contribution in [3.8, 4) is 0 Å². The molecule has 0 atom stereocenters. The Kier molecular flexibility index (Phi) is 6.51. The summed E-state index contributed by atoms with van der Waals surface area (Å²) >= 11 is 0. The largest absolute Gasteiger partial charge is 0.397 e. The van der Waals surface area contributed by atoms with E-state index in [9.17, 15) is 13.2 Å². The SMILES string of the molecule is Nc1ccccc1NC(=O)C=Cc1ccc(NS(=O)(=O)c2ccc(CO)cc2)cc1.